The summed E-state index contributed by atoms with van der Waals surface area (Å²) in [5.74, 6) is 0.865. The van der Waals surface area contributed by atoms with Crippen LogP contribution in [0, 0.1) is 12.8 Å². The molecule has 5 heteroatoms. The van der Waals surface area contributed by atoms with Crippen molar-refractivity contribution in [1.82, 2.24) is 14.7 Å². The van der Waals surface area contributed by atoms with Crippen molar-refractivity contribution in [2.45, 2.75) is 52.7 Å². The van der Waals surface area contributed by atoms with Gasteiger partial charge in [0.25, 0.3) is 0 Å². The molecule has 0 aliphatic heterocycles. The highest BCUT2D eigenvalue weighted by Crippen LogP contribution is 2.36. The number of aryl methyl sites for hydroxylation is 2. The summed E-state index contributed by atoms with van der Waals surface area (Å²) in [5, 5.41) is 4.59. The summed E-state index contributed by atoms with van der Waals surface area (Å²) in [6.07, 6.45) is 2.75. The topological polar surface area (TPSA) is 30.3 Å². The minimum Gasteiger partial charge on any atom is -0.383 e. The van der Waals surface area contributed by atoms with Crippen LogP contribution in [0.3, 0.4) is 0 Å². The molecule has 0 N–H and O–H groups in total. The zero-order chi connectivity index (χ0) is 14.7. The average Bonchev–Trinajstić information content (AvgIpc) is 3.25. The summed E-state index contributed by atoms with van der Waals surface area (Å²) in [4.78, 5) is 2.54. The summed E-state index contributed by atoms with van der Waals surface area (Å²) < 4.78 is 8.54. The van der Waals surface area contributed by atoms with E-state index in [0.29, 0.717) is 6.04 Å². The maximum absolute atomic E-state index is 5.28. The van der Waals surface area contributed by atoms with Gasteiger partial charge in [-0.05, 0) is 55.5 Å². The largest absolute Gasteiger partial charge is 0.383 e. The number of methoxy groups -OCH3 is 1. The van der Waals surface area contributed by atoms with Gasteiger partial charge in [-0.25, -0.2) is 0 Å². The summed E-state index contributed by atoms with van der Waals surface area (Å²) >= 11 is 3.70. The van der Waals surface area contributed by atoms with Gasteiger partial charge in [0.1, 0.15) is 0 Å². The number of aromatic nitrogens is 2. The normalized spacial score (nSPS) is 16.9. The molecule has 0 saturated heterocycles. The van der Waals surface area contributed by atoms with Gasteiger partial charge in [-0.3, -0.25) is 9.58 Å². The lowest BCUT2D eigenvalue weighted by molar-refractivity contribution is 0.109. The highest BCUT2D eigenvalue weighted by molar-refractivity contribution is 9.10. The predicted molar refractivity (Wildman–Crippen MR) is 84.8 cm³/mol. The van der Waals surface area contributed by atoms with E-state index in [2.05, 4.69) is 51.4 Å². The average molecular weight is 344 g/mol. The Morgan fingerprint density at radius 1 is 1.50 bits per heavy atom. The molecule has 1 aliphatic carbocycles. The van der Waals surface area contributed by atoms with E-state index >= 15 is 0 Å². The Morgan fingerprint density at radius 3 is 2.75 bits per heavy atom. The van der Waals surface area contributed by atoms with Gasteiger partial charge in [0.2, 0.25) is 0 Å². The molecule has 1 saturated carbocycles. The monoisotopic (exact) mass is 343 g/mol. The molecule has 1 fully saturated rings. The van der Waals surface area contributed by atoms with Crippen molar-refractivity contribution in [3.05, 3.63) is 15.9 Å². The molecule has 4 nitrogen and oxygen atoms in total. The quantitative estimate of drug-likeness (QED) is 0.725. The smallest absolute Gasteiger partial charge is 0.0739 e. The van der Waals surface area contributed by atoms with Gasteiger partial charge in [-0.1, -0.05) is 0 Å². The molecular weight excluding hydrogens is 318 g/mol. The zero-order valence-corrected chi connectivity index (χ0v) is 14.6. The van der Waals surface area contributed by atoms with Gasteiger partial charge < -0.3 is 4.74 Å². The van der Waals surface area contributed by atoms with E-state index in [1.165, 1.54) is 18.5 Å². The van der Waals surface area contributed by atoms with Gasteiger partial charge in [0, 0.05) is 32.8 Å². The molecule has 2 rings (SSSR count). The third-order valence-corrected chi connectivity index (χ3v) is 5.30. The van der Waals surface area contributed by atoms with E-state index in [-0.39, 0.29) is 0 Å². The molecule has 1 aromatic rings. The van der Waals surface area contributed by atoms with Gasteiger partial charge in [-0.15, -0.1) is 0 Å². The first-order chi connectivity index (χ1) is 9.58. The molecule has 0 spiro atoms. The van der Waals surface area contributed by atoms with Crippen LogP contribution < -0.4 is 0 Å². The SMILES string of the molecule is CCn1nc(C)c(Br)c1CN(CCOC)C(C)C1CC1. The minimum atomic E-state index is 0.623. The second-order valence-corrected chi connectivity index (χ2v) is 6.50. The van der Waals surface area contributed by atoms with Crippen molar-refractivity contribution < 1.29 is 4.74 Å². The van der Waals surface area contributed by atoms with Gasteiger partial charge in [0.05, 0.1) is 22.5 Å². The number of rotatable bonds is 8. The third-order valence-electron chi connectivity index (χ3n) is 4.27. The van der Waals surface area contributed by atoms with Crippen molar-refractivity contribution in [1.29, 1.82) is 0 Å². The molecule has 20 heavy (non-hydrogen) atoms. The van der Waals surface area contributed by atoms with Crippen molar-refractivity contribution >= 4 is 15.9 Å². The van der Waals surface area contributed by atoms with E-state index < -0.39 is 0 Å². The van der Waals surface area contributed by atoms with Crippen LogP contribution in [-0.2, 0) is 17.8 Å². The van der Waals surface area contributed by atoms with Crippen LogP contribution in [0.1, 0.15) is 38.1 Å². The number of nitrogens with zero attached hydrogens (tertiary/aromatic N) is 3. The number of ether oxygens (including phenoxy) is 1. The molecule has 1 aliphatic rings. The first-order valence-corrected chi connectivity index (χ1v) is 8.32. The van der Waals surface area contributed by atoms with E-state index in [1.54, 1.807) is 7.11 Å². The van der Waals surface area contributed by atoms with E-state index in [0.717, 1.165) is 42.3 Å². The highest BCUT2D eigenvalue weighted by Gasteiger charge is 2.32. The standard InChI is InChI=1S/C15H26BrN3O/c1-5-19-14(15(16)11(2)17-19)10-18(8-9-20-4)12(3)13-6-7-13/h12-13H,5-10H2,1-4H3. The van der Waals surface area contributed by atoms with Crippen LogP contribution in [0.5, 0.6) is 0 Å². The highest BCUT2D eigenvalue weighted by atomic mass is 79.9. The lowest BCUT2D eigenvalue weighted by Gasteiger charge is -2.29. The van der Waals surface area contributed by atoms with Crippen LogP contribution in [0.4, 0.5) is 0 Å². The first-order valence-electron chi connectivity index (χ1n) is 7.53. The Kier molecular flexibility index (Phi) is 5.64. The summed E-state index contributed by atoms with van der Waals surface area (Å²) in [5.41, 5.74) is 2.36. The number of hydrogen-bond donors (Lipinski definition) is 0. The molecular formula is C15H26BrN3O. The molecule has 1 unspecified atom stereocenters. The van der Waals surface area contributed by atoms with Gasteiger partial charge >= 0.3 is 0 Å². The predicted octanol–water partition coefficient (Wildman–Crippen LogP) is 3.22. The molecule has 0 aromatic carbocycles. The van der Waals surface area contributed by atoms with E-state index in [1.807, 2.05) is 0 Å². The third kappa shape index (κ3) is 3.62. The fourth-order valence-electron chi connectivity index (χ4n) is 2.72. The Morgan fingerprint density at radius 2 is 2.20 bits per heavy atom. The Balaban J connectivity index is 2.13. The van der Waals surface area contributed by atoms with Crippen molar-refractivity contribution in [3.8, 4) is 0 Å². The van der Waals surface area contributed by atoms with Crippen LogP contribution in [0.2, 0.25) is 0 Å². The summed E-state index contributed by atoms with van der Waals surface area (Å²) in [6, 6.07) is 0.623. The zero-order valence-electron chi connectivity index (χ0n) is 13.0. The van der Waals surface area contributed by atoms with E-state index in [9.17, 15) is 0 Å². The fraction of sp³-hybridized carbons (Fsp3) is 0.800. The lowest BCUT2D eigenvalue weighted by Crippen LogP contribution is -2.37. The molecule has 114 valence electrons. The molecule has 0 bridgehead atoms. The van der Waals surface area contributed by atoms with Crippen LogP contribution in [-0.4, -0.2) is 41.0 Å². The number of halogens is 1. The molecule has 1 heterocycles. The van der Waals surface area contributed by atoms with Crippen molar-refractivity contribution in [3.63, 3.8) is 0 Å². The summed E-state index contributed by atoms with van der Waals surface area (Å²) in [6.45, 7) is 10.2. The van der Waals surface area contributed by atoms with Crippen molar-refractivity contribution in [2.75, 3.05) is 20.3 Å². The van der Waals surface area contributed by atoms with Crippen LogP contribution in [0.25, 0.3) is 0 Å². The Hall–Kier alpha value is -0.390. The maximum Gasteiger partial charge on any atom is 0.0739 e. The first kappa shape index (κ1) is 16.0. The maximum atomic E-state index is 5.28. The Bertz CT molecular complexity index is 443. The molecule has 1 aromatic heterocycles. The lowest BCUT2D eigenvalue weighted by atomic mass is 10.1. The molecule has 0 radical (unpaired) electrons. The fourth-order valence-corrected chi connectivity index (χ4v) is 3.13. The van der Waals surface area contributed by atoms with Gasteiger partial charge in [0.15, 0.2) is 0 Å². The Labute approximate surface area is 130 Å². The van der Waals surface area contributed by atoms with Crippen molar-refractivity contribution in [2.24, 2.45) is 5.92 Å². The van der Waals surface area contributed by atoms with Crippen LogP contribution in [0.15, 0.2) is 4.47 Å². The second-order valence-electron chi connectivity index (χ2n) is 5.70. The van der Waals surface area contributed by atoms with E-state index in [4.69, 9.17) is 4.74 Å². The van der Waals surface area contributed by atoms with Gasteiger partial charge in [-0.2, -0.15) is 5.10 Å². The minimum absolute atomic E-state index is 0.623. The number of hydrogen-bond acceptors (Lipinski definition) is 3. The molecule has 0 amide bonds. The second kappa shape index (κ2) is 7.05. The summed E-state index contributed by atoms with van der Waals surface area (Å²) in [7, 11) is 1.77. The molecule has 1 atom stereocenters. The van der Waals surface area contributed by atoms with Crippen LogP contribution >= 0.6 is 15.9 Å².